The molecule has 0 radical (unpaired) electrons. The molecule has 0 spiro atoms. The number of benzene rings is 7. The molecule has 0 amide bonds. The predicted molar refractivity (Wildman–Crippen MR) is 196 cm³/mol. The number of nitrogens with zero attached hydrogens (tertiary/aromatic N) is 4. The first-order valence-corrected chi connectivity index (χ1v) is 16.3. The van der Waals surface area contributed by atoms with Crippen molar-refractivity contribution < 1.29 is 0 Å². The molecule has 0 N–H and O–H groups in total. The van der Waals surface area contributed by atoms with Crippen molar-refractivity contribution in [1.29, 1.82) is 0 Å². The van der Waals surface area contributed by atoms with Crippen LogP contribution in [0.2, 0.25) is 0 Å². The third-order valence-electron chi connectivity index (χ3n) is 9.63. The molecule has 9 aromatic rings. The fraction of sp³-hybridized carbons (Fsp3) is 0.0227. The third-order valence-corrected chi connectivity index (χ3v) is 9.63. The van der Waals surface area contributed by atoms with E-state index in [0.29, 0.717) is 18.1 Å². The highest BCUT2D eigenvalue weighted by molar-refractivity contribution is 6.30. The van der Waals surface area contributed by atoms with Crippen molar-refractivity contribution in [3.63, 3.8) is 0 Å². The van der Waals surface area contributed by atoms with Gasteiger partial charge in [-0.1, -0.05) is 140 Å². The Morgan fingerprint density at radius 1 is 0.396 bits per heavy atom. The van der Waals surface area contributed by atoms with Crippen LogP contribution in [0.1, 0.15) is 11.4 Å². The topological polar surface area (TPSA) is 43.6 Å². The zero-order valence-electron chi connectivity index (χ0n) is 26.0. The molecule has 0 atom stereocenters. The molecule has 4 heteroatoms. The summed E-state index contributed by atoms with van der Waals surface area (Å²) in [4.78, 5) is 15.0. The molecular weight excluding hydrogens is 585 g/mol. The SMILES string of the molecule is c1ccc(-c2nc(Cc3ccccc3-n3c4cccc5c4c4c6c(cccc6ccc43)-c3ccccc3-5)nc(-c3ccccc3)n2)cc1. The number of para-hydroxylation sites is 1. The maximum Gasteiger partial charge on any atom is 0.163 e. The Kier molecular flexibility index (Phi) is 5.90. The van der Waals surface area contributed by atoms with E-state index in [4.69, 9.17) is 15.0 Å². The maximum absolute atomic E-state index is 5.04. The highest BCUT2D eigenvalue weighted by Crippen LogP contribution is 2.49. The molecule has 0 unspecified atom stereocenters. The van der Waals surface area contributed by atoms with Crippen LogP contribution in [0.5, 0.6) is 0 Å². The van der Waals surface area contributed by atoms with E-state index in [9.17, 15) is 0 Å². The van der Waals surface area contributed by atoms with Gasteiger partial charge in [0.2, 0.25) is 0 Å². The molecule has 2 aromatic heterocycles. The fourth-order valence-corrected chi connectivity index (χ4v) is 7.57. The van der Waals surface area contributed by atoms with Gasteiger partial charge < -0.3 is 4.57 Å². The maximum atomic E-state index is 5.04. The molecule has 224 valence electrons. The summed E-state index contributed by atoms with van der Waals surface area (Å²) < 4.78 is 2.45. The molecule has 0 bridgehead atoms. The van der Waals surface area contributed by atoms with E-state index in [-0.39, 0.29) is 0 Å². The lowest BCUT2D eigenvalue weighted by molar-refractivity contribution is 0.925. The summed E-state index contributed by atoms with van der Waals surface area (Å²) in [5, 5.41) is 5.16. The monoisotopic (exact) mass is 612 g/mol. The van der Waals surface area contributed by atoms with Crippen LogP contribution >= 0.6 is 0 Å². The Morgan fingerprint density at radius 2 is 0.958 bits per heavy atom. The van der Waals surface area contributed by atoms with Crippen LogP contribution in [0, 0.1) is 0 Å². The first-order valence-electron chi connectivity index (χ1n) is 16.3. The zero-order valence-corrected chi connectivity index (χ0v) is 26.0. The summed E-state index contributed by atoms with van der Waals surface area (Å²) >= 11 is 0. The van der Waals surface area contributed by atoms with Crippen molar-refractivity contribution in [2.75, 3.05) is 0 Å². The molecule has 2 heterocycles. The Morgan fingerprint density at radius 3 is 1.67 bits per heavy atom. The van der Waals surface area contributed by atoms with E-state index < -0.39 is 0 Å². The lowest BCUT2D eigenvalue weighted by Gasteiger charge is -2.16. The highest BCUT2D eigenvalue weighted by atomic mass is 15.0. The van der Waals surface area contributed by atoms with Crippen LogP contribution in [0.3, 0.4) is 0 Å². The molecule has 7 aromatic carbocycles. The second-order valence-electron chi connectivity index (χ2n) is 12.4. The second-order valence-corrected chi connectivity index (χ2v) is 12.4. The Labute approximate surface area is 277 Å². The summed E-state index contributed by atoms with van der Waals surface area (Å²) in [6.45, 7) is 0. The molecule has 4 nitrogen and oxygen atoms in total. The Balaban J connectivity index is 1.22. The molecule has 48 heavy (non-hydrogen) atoms. The molecule has 1 aliphatic carbocycles. The largest absolute Gasteiger partial charge is 0.309 e. The van der Waals surface area contributed by atoms with Gasteiger partial charge in [-0.05, 0) is 56.8 Å². The van der Waals surface area contributed by atoms with Crippen molar-refractivity contribution in [3.05, 3.63) is 169 Å². The molecule has 0 saturated heterocycles. The van der Waals surface area contributed by atoms with E-state index in [1.165, 1.54) is 54.8 Å². The third kappa shape index (κ3) is 4.06. The quantitative estimate of drug-likeness (QED) is 0.194. The van der Waals surface area contributed by atoms with Gasteiger partial charge in [-0.25, -0.2) is 15.0 Å². The minimum absolute atomic E-state index is 0.556. The van der Waals surface area contributed by atoms with Crippen LogP contribution in [0.15, 0.2) is 158 Å². The van der Waals surface area contributed by atoms with Gasteiger partial charge in [0, 0.05) is 34.0 Å². The van der Waals surface area contributed by atoms with Crippen LogP contribution in [0.25, 0.3) is 83.3 Å². The first-order chi connectivity index (χ1) is 23.8. The Hall–Kier alpha value is -6.39. The number of aromatic nitrogens is 4. The highest BCUT2D eigenvalue weighted by Gasteiger charge is 2.25. The predicted octanol–water partition coefficient (Wildman–Crippen LogP) is 10.7. The van der Waals surface area contributed by atoms with Gasteiger partial charge in [-0.15, -0.1) is 0 Å². The van der Waals surface area contributed by atoms with Gasteiger partial charge in [0.05, 0.1) is 11.0 Å². The van der Waals surface area contributed by atoms with Gasteiger partial charge in [0.25, 0.3) is 0 Å². The van der Waals surface area contributed by atoms with Crippen molar-refractivity contribution >= 4 is 32.6 Å². The molecule has 0 fully saturated rings. The molecule has 0 aliphatic heterocycles. The van der Waals surface area contributed by atoms with Crippen LogP contribution in [-0.2, 0) is 6.42 Å². The second kappa shape index (κ2) is 10.6. The van der Waals surface area contributed by atoms with Crippen LogP contribution in [-0.4, -0.2) is 19.5 Å². The van der Waals surface area contributed by atoms with Gasteiger partial charge in [-0.2, -0.15) is 0 Å². The number of rotatable bonds is 5. The standard InChI is InChI=1S/C44H28N4/c1-3-13-29(14-4-1)43-45-39(46-44(47-43)30-15-5-2-6-16-30)27-31-17-7-10-23-36(31)48-37-24-12-22-35-33-20-9-8-19-32(33)34-21-11-18-28-25-26-38(48)42(40(28)34)41(35)37/h1-26H,27H2. The molecule has 10 rings (SSSR count). The van der Waals surface area contributed by atoms with E-state index >= 15 is 0 Å². The van der Waals surface area contributed by atoms with Gasteiger partial charge in [0.15, 0.2) is 11.6 Å². The summed E-state index contributed by atoms with van der Waals surface area (Å²) in [5.41, 5.74) is 11.7. The number of fused-ring (bicyclic) bond motifs is 3. The molecule has 1 aliphatic rings. The van der Waals surface area contributed by atoms with Gasteiger partial charge >= 0.3 is 0 Å². The molecular formula is C44H28N4. The summed E-state index contributed by atoms with van der Waals surface area (Å²) in [6.07, 6.45) is 0.556. The van der Waals surface area contributed by atoms with E-state index in [1.807, 2.05) is 36.4 Å². The molecule has 0 saturated carbocycles. The van der Waals surface area contributed by atoms with Crippen molar-refractivity contribution in [3.8, 4) is 50.7 Å². The van der Waals surface area contributed by atoms with Crippen LogP contribution in [0.4, 0.5) is 0 Å². The average Bonchev–Trinajstić information content (AvgIpc) is 3.43. The summed E-state index contributed by atoms with van der Waals surface area (Å²) in [7, 11) is 0. The smallest absolute Gasteiger partial charge is 0.163 e. The first kappa shape index (κ1) is 26.8. The minimum atomic E-state index is 0.556. The van der Waals surface area contributed by atoms with E-state index in [1.54, 1.807) is 0 Å². The van der Waals surface area contributed by atoms with Crippen molar-refractivity contribution in [2.45, 2.75) is 6.42 Å². The van der Waals surface area contributed by atoms with Crippen molar-refractivity contribution in [2.24, 2.45) is 0 Å². The van der Waals surface area contributed by atoms with Gasteiger partial charge in [0.1, 0.15) is 5.82 Å². The lowest BCUT2D eigenvalue weighted by Crippen LogP contribution is -2.06. The number of hydrogen-bond acceptors (Lipinski definition) is 3. The Bertz CT molecular complexity index is 2630. The van der Waals surface area contributed by atoms with Crippen LogP contribution < -0.4 is 0 Å². The van der Waals surface area contributed by atoms with Gasteiger partial charge in [-0.3, -0.25) is 0 Å². The van der Waals surface area contributed by atoms with E-state index in [2.05, 4.69) is 126 Å². The summed E-state index contributed by atoms with van der Waals surface area (Å²) in [5.74, 6) is 2.09. The zero-order chi connectivity index (χ0) is 31.6. The van der Waals surface area contributed by atoms with Crippen molar-refractivity contribution in [1.82, 2.24) is 19.5 Å². The normalized spacial score (nSPS) is 11.8. The van der Waals surface area contributed by atoms with E-state index in [0.717, 1.165) is 28.2 Å². The summed E-state index contributed by atoms with van der Waals surface area (Å²) in [6, 6.07) is 55.9. The fourth-order valence-electron chi connectivity index (χ4n) is 7.57. The minimum Gasteiger partial charge on any atom is -0.309 e. The lowest BCUT2D eigenvalue weighted by atomic mass is 9.93. The average molecular weight is 613 g/mol. The number of hydrogen-bond donors (Lipinski definition) is 0.